The lowest BCUT2D eigenvalue weighted by Gasteiger charge is -2.05. The second-order valence-corrected chi connectivity index (χ2v) is 2.39. The Hall–Kier alpha value is -1.71. The lowest BCUT2D eigenvalue weighted by atomic mass is 10.1. The zero-order chi connectivity index (χ0) is 9.14. The maximum atomic E-state index is 11.1. The molecule has 1 aromatic carbocycles. The van der Waals surface area contributed by atoms with Crippen LogP contribution in [-0.2, 0) is 0 Å². The van der Waals surface area contributed by atoms with Crippen LogP contribution in [0, 0.1) is 0 Å². The highest BCUT2D eigenvalue weighted by Gasteiger charge is 2.08. The van der Waals surface area contributed by atoms with Gasteiger partial charge in [0.05, 0.1) is 16.9 Å². The summed E-state index contributed by atoms with van der Waals surface area (Å²) in [6, 6.07) is 4.97. The van der Waals surface area contributed by atoms with E-state index in [0.29, 0.717) is 16.9 Å². The summed E-state index contributed by atoms with van der Waals surface area (Å²) in [4.78, 5) is 11.1. The fraction of sp³-hybridized carbons (Fsp3) is 0.125. The number of anilines is 2. The number of amides is 1. The summed E-state index contributed by atoms with van der Waals surface area (Å²) in [6.07, 6.45) is 0. The SMILES string of the molecule is CNC(=O)c1cccc(N)c1N. The van der Waals surface area contributed by atoms with Crippen molar-refractivity contribution in [2.24, 2.45) is 0 Å². The van der Waals surface area contributed by atoms with E-state index in [1.807, 2.05) is 0 Å². The number of para-hydroxylation sites is 1. The molecule has 0 unspecified atom stereocenters. The standard InChI is InChI=1S/C8H11N3O/c1-11-8(12)5-3-2-4-6(9)7(5)10/h2-4H,9-10H2,1H3,(H,11,12). The summed E-state index contributed by atoms with van der Waals surface area (Å²) >= 11 is 0. The van der Waals surface area contributed by atoms with Crippen LogP contribution >= 0.6 is 0 Å². The van der Waals surface area contributed by atoms with Crippen LogP contribution < -0.4 is 16.8 Å². The maximum absolute atomic E-state index is 11.1. The number of nitrogen functional groups attached to an aromatic ring is 2. The topological polar surface area (TPSA) is 81.1 Å². The van der Waals surface area contributed by atoms with Crippen molar-refractivity contribution in [3.8, 4) is 0 Å². The predicted octanol–water partition coefficient (Wildman–Crippen LogP) is 0.211. The molecule has 0 atom stereocenters. The van der Waals surface area contributed by atoms with Crippen LogP contribution in [0.2, 0.25) is 0 Å². The third kappa shape index (κ3) is 1.32. The molecule has 0 saturated carbocycles. The van der Waals surface area contributed by atoms with Gasteiger partial charge >= 0.3 is 0 Å². The predicted molar refractivity (Wildman–Crippen MR) is 48.7 cm³/mol. The Balaban J connectivity index is 3.16. The molecule has 64 valence electrons. The molecule has 5 N–H and O–H groups in total. The molecule has 0 fully saturated rings. The number of rotatable bonds is 1. The molecule has 1 rings (SSSR count). The van der Waals surface area contributed by atoms with Gasteiger partial charge in [-0.25, -0.2) is 0 Å². The zero-order valence-electron chi connectivity index (χ0n) is 6.79. The van der Waals surface area contributed by atoms with E-state index in [2.05, 4.69) is 5.32 Å². The number of benzene rings is 1. The van der Waals surface area contributed by atoms with Crippen LogP contribution in [0.5, 0.6) is 0 Å². The molecule has 0 aliphatic heterocycles. The van der Waals surface area contributed by atoms with Gasteiger partial charge in [0.1, 0.15) is 0 Å². The second-order valence-electron chi connectivity index (χ2n) is 2.39. The fourth-order valence-electron chi connectivity index (χ4n) is 0.916. The maximum Gasteiger partial charge on any atom is 0.253 e. The Kier molecular flexibility index (Phi) is 2.19. The highest BCUT2D eigenvalue weighted by Crippen LogP contribution is 2.18. The van der Waals surface area contributed by atoms with E-state index < -0.39 is 0 Å². The average Bonchev–Trinajstić information content (AvgIpc) is 2.08. The molecule has 0 bridgehead atoms. The van der Waals surface area contributed by atoms with Gasteiger partial charge in [-0.05, 0) is 12.1 Å². The first-order valence-corrected chi connectivity index (χ1v) is 3.53. The first-order valence-electron chi connectivity index (χ1n) is 3.53. The van der Waals surface area contributed by atoms with Crippen molar-refractivity contribution in [1.82, 2.24) is 5.32 Å². The van der Waals surface area contributed by atoms with Gasteiger partial charge < -0.3 is 16.8 Å². The van der Waals surface area contributed by atoms with Crippen LogP contribution in [-0.4, -0.2) is 13.0 Å². The van der Waals surface area contributed by atoms with E-state index in [9.17, 15) is 4.79 Å². The van der Waals surface area contributed by atoms with Crippen molar-refractivity contribution in [2.75, 3.05) is 18.5 Å². The van der Waals surface area contributed by atoms with E-state index >= 15 is 0 Å². The first-order chi connectivity index (χ1) is 5.66. The zero-order valence-corrected chi connectivity index (χ0v) is 6.79. The van der Waals surface area contributed by atoms with Crippen LogP contribution in [0.1, 0.15) is 10.4 Å². The molecule has 0 aromatic heterocycles. The summed E-state index contributed by atoms with van der Waals surface area (Å²) in [5, 5.41) is 2.47. The molecule has 12 heavy (non-hydrogen) atoms. The summed E-state index contributed by atoms with van der Waals surface area (Å²) in [5.41, 5.74) is 12.3. The Morgan fingerprint density at radius 1 is 1.42 bits per heavy atom. The van der Waals surface area contributed by atoms with E-state index in [0.717, 1.165) is 0 Å². The third-order valence-electron chi connectivity index (χ3n) is 1.61. The lowest BCUT2D eigenvalue weighted by Crippen LogP contribution is -2.19. The lowest BCUT2D eigenvalue weighted by molar-refractivity contribution is 0.0964. The number of hydrogen-bond donors (Lipinski definition) is 3. The van der Waals surface area contributed by atoms with Crippen LogP contribution in [0.25, 0.3) is 0 Å². The number of hydrogen-bond acceptors (Lipinski definition) is 3. The quantitative estimate of drug-likeness (QED) is 0.520. The Labute approximate surface area is 70.6 Å². The number of carbonyl (C=O) groups excluding carboxylic acids is 1. The molecule has 0 aliphatic rings. The molecule has 1 aromatic rings. The molecule has 0 aliphatic carbocycles. The van der Waals surface area contributed by atoms with Gasteiger partial charge in [0.2, 0.25) is 0 Å². The Morgan fingerprint density at radius 2 is 2.08 bits per heavy atom. The Bertz CT molecular complexity index is 309. The van der Waals surface area contributed by atoms with Gasteiger partial charge in [-0.3, -0.25) is 4.79 Å². The van der Waals surface area contributed by atoms with E-state index in [4.69, 9.17) is 11.5 Å². The van der Waals surface area contributed by atoms with Crippen LogP contribution in [0.4, 0.5) is 11.4 Å². The van der Waals surface area contributed by atoms with Gasteiger partial charge in [-0.2, -0.15) is 0 Å². The molecule has 0 saturated heterocycles. The van der Waals surface area contributed by atoms with Crippen molar-refractivity contribution in [3.63, 3.8) is 0 Å². The molecule has 4 nitrogen and oxygen atoms in total. The number of nitrogens with one attached hydrogen (secondary N) is 1. The molecular weight excluding hydrogens is 154 g/mol. The first kappa shape index (κ1) is 8.39. The third-order valence-corrected chi connectivity index (χ3v) is 1.61. The Morgan fingerprint density at radius 3 is 2.67 bits per heavy atom. The van der Waals surface area contributed by atoms with Gasteiger partial charge in [-0.1, -0.05) is 6.07 Å². The van der Waals surface area contributed by atoms with E-state index in [-0.39, 0.29) is 5.91 Å². The summed E-state index contributed by atoms with van der Waals surface area (Å²) in [5.74, 6) is -0.222. The molecule has 0 heterocycles. The van der Waals surface area contributed by atoms with Gasteiger partial charge in [-0.15, -0.1) is 0 Å². The van der Waals surface area contributed by atoms with Crippen molar-refractivity contribution < 1.29 is 4.79 Å². The fourth-order valence-corrected chi connectivity index (χ4v) is 0.916. The molecule has 0 spiro atoms. The van der Waals surface area contributed by atoms with Crippen LogP contribution in [0.15, 0.2) is 18.2 Å². The minimum absolute atomic E-state index is 0.222. The monoisotopic (exact) mass is 165 g/mol. The highest BCUT2D eigenvalue weighted by molar-refractivity contribution is 6.01. The molecule has 1 amide bonds. The van der Waals surface area contributed by atoms with E-state index in [1.54, 1.807) is 25.2 Å². The number of carbonyl (C=O) groups is 1. The minimum Gasteiger partial charge on any atom is -0.397 e. The van der Waals surface area contributed by atoms with Crippen molar-refractivity contribution >= 4 is 17.3 Å². The summed E-state index contributed by atoms with van der Waals surface area (Å²) in [7, 11) is 1.55. The number of nitrogens with two attached hydrogens (primary N) is 2. The molecule has 4 heteroatoms. The smallest absolute Gasteiger partial charge is 0.253 e. The second kappa shape index (κ2) is 3.13. The average molecular weight is 165 g/mol. The molecular formula is C8H11N3O. The van der Waals surface area contributed by atoms with Crippen molar-refractivity contribution in [3.05, 3.63) is 23.8 Å². The van der Waals surface area contributed by atoms with Crippen LogP contribution in [0.3, 0.4) is 0 Å². The largest absolute Gasteiger partial charge is 0.397 e. The minimum atomic E-state index is -0.222. The summed E-state index contributed by atoms with van der Waals surface area (Å²) in [6.45, 7) is 0. The van der Waals surface area contributed by atoms with Gasteiger partial charge in [0, 0.05) is 7.05 Å². The van der Waals surface area contributed by atoms with Gasteiger partial charge in [0.15, 0.2) is 0 Å². The van der Waals surface area contributed by atoms with Gasteiger partial charge in [0.25, 0.3) is 5.91 Å². The molecule has 0 radical (unpaired) electrons. The van der Waals surface area contributed by atoms with Crippen molar-refractivity contribution in [2.45, 2.75) is 0 Å². The normalized spacial score (nSPS) is 9.42. The van der Waals surface area contributed by atoms with Crippen molar-refractivity contribution in [1.29, 1.82) is 0 Å². The van der Waals surface area contributed by atoms with E-state index in [1.165, 1.54) is 0 Å². The highest BCUT2D eigenvalue weighted by atomic mass is 16.1. The summed E-state index contributed by atoms with van der Waals surface area (Å²) < 4.78 is 0.